The summed E-state index contributed by atoms with van der Waals surface area (Å²) in [6.45, 7) is 1.92. The minimum atomic E-state index is -0.0617. The van der Waals surface area contributed by atoms with Crippen LogP contribution in [0.3, 0.4) is 0 Å². The van der Waals surface area contributed by atoms with Gasteiger partial charge in [0.25, 0.3) is 0 Å². The number of likely N-dealkylation sites (N-methyl/N-ethyl adjacent to an activating group) is 1. The number of para-hydroxylation sites is 1. The highest BCUT2D eigenvalue weighted by molar-refractivity contribution is 6.34. The van der Waals surface area contributed by atoms with Crippen LogP contribution in [0.2, 0.25) is 5.02 Å². The number of H-pyrrole nitrogens is 1. The molecule has 4 nitrogen and oxygen atoms in total. The van der Waals surface area contributed by atoms with Crippen LogP contribution in [0.1, 0.15) is 12.5 Å². The van der Waals surface area contributed by atoms with Crippen LogP contribution in [0.15, 0.2) is 23.0 Å². The molecule has 1 aromatic carbocycles. The summed E-state index contributed by atoms with van der Waals surface area (Å²) in [5.74, 6) is 0. The molecule has 0 radical (unpaired) electrons. The third-order valence-corrected chi connectivity index (χ3v) is 3.72. The zero-order valence-electron chi connectivity index (χ0n) is 9.61. The molecule has 1 saturated heterocycles. The lowest BCUT2D eigenvalue weighted by atomic mass is 10.2. The Morgan fingerprint density at radius 1 is 1.47 bits per heavy atom. The number of likely N-dealkylation sites (tertiary alicyclic amines) is 1. The van der Waals surface area contributed by atoms with Crippen LogP contribution in [0, 0.1) is 0 Å². The average molecular weight is 252 g/mol. The molecule has 0 saturated carbocycles. The van der Waals surface area contributed by atoms with Crippen LogP contribution in [-0.2, 0) is 0 Å². The molecule has 0 amide bonds. The molecule has 1 fully saturated rings. The molecule has 1 unspecified atom stereocenters. The number of fused-ring (bicyclic) bond motifs is 1. The number of hydrogen-bond acceptors (Lipinski definition) is 2. The van der Waals surface area contributed by atoms with Crippen LogP contribution >= 0.6 is 11.6 Å². The van der Waals surface area contributed by atoms with E-state index in [1.54, 1.807) is 4.57 Å². The van der Waals surface area contributed by atoms with Gasteiger partial charge in [-0.3, -0.25) is 4.57 Å². The fourth-order valence-electron chi connectivity index (χ4n) is 2.61. The van der Waals surface area contributed by atoms with E-state index in [0.717, 1.165) is 30.5 Å². The number of nitrogens with zero attached hydrogens (tertiary/aromatic N) is 2. The third kappa shape index (κ3) is 1.68. The quantitative estimate of drug-likeness (QED) is 0.841. The van der Waals surface area contributed by atoms with Crippen LogP contribution in [-0.4, -0.2) is 34.6 Å². The van der Waals surface area contributed by atoms with Gasteiger partial charge in [0.05, 0.1) is 22.1 Å². The standard InChI is InChI=1S/C12H14ClN3O/c1-15-6-5-8(7-15)16-11-9(13)3-2-4-10(11)14-12(16)17/h2-4,8H,5-7H2,1H3,(H,14,17). The minimum absolute atomic E-state index is 0.0617. The molecule has 1 N–H and O–H groups in total. The van der Waals surface area contributed by atoms with E-state index in [0.29, 0.717) is 5.02 Å². The zero-order valence-corrected chi connectivity index (χ0v) is 10.4. The first-order valence-electron chi connectivity index (χ1n) is 5.74. The van der Waals surface area contributed by atoms with Crippen molar-refractivity contribution in [2.75, 3.05) is 20.1 Å². The molecule has 0 spiro atoms. The highest BCUT2D eigenvalue weighted by atomic mass is 35.5. The van der Waals surface area contributed by atoms with E-state index in [4.69, 9.17) is 11.6 Å². The summed E-state index contributed by atoms with van der Waals surface area (Å²) in [7, 11) is 2.07. The Bertz CT molecular complexity index is 616. The van der Waals surface area contributed by atoms with E-state index < -0.39 is 0 Å². The van der Waals surface area contributed by atoms with Crippen LogP contribution in [0.4, 0.5) is 0 Å². The minimum Gasteiger partial charge on any atom is -0.305 e. The van der Waals surface area contributed by atoms with Gasteiger partial charge in [0.2, 0.25) is 0 Å². The molecule has 1 atom stereocenters. The maximum atomic E-state index is 12.0. The Hall–Kier alpha value is -1.26. The molecule has 2 heterocycles. The first kappa shape index (κ1) is 10.9. The van der Waals surface area contributed by atoms with E-state index in [2.05, 4.69) is 16.9 Å². The Balaban J connectivity index is 2.21. The van der Waals surface area contributed by atoms with Gasteiger partial charge in [-0.25, -0.2) is 4.79 Å². The fourth-order valence-corrected chi connectivity index (χ4v) is 2.87. The zero-order chi connectivity index (χ0) is 12.0. The predicted octanol–water partition coefficient (Wildman–Crippen LogP) is 1.86. The lowest BCUT2D eigenvalue weighted by Gasteiger charge is -2.12. The highest BCUT2D eigenvalue weighted by Crippen LogP contribution is 2.27. The summed E-state index contributed by atoms with van der Waals surface area (Å²) >= 11 is 6.20. The molecule has 1 aliphatic rings. The van der Waals surface area contributed by atoms with Gasteiger partial charge in [0.15, 0.2) is 0 Å². The maximum Gasteiger partial charge on any atom is 0.326 e. The van der Waals surface area contributed by atoms with Crippen molar-refractivity contribution in [1.29, 1.82) is 0 Å². The van der Waals surface area contributed by atoms with Crippen molar-refractivity contribution in [3.8, 4) is 0 Å². The number of aromatic nitrogens is 2. The smallest absolute Gasteiger partial charge is 0.305 e. The number of benzene rings is 1. The van der Waals surface area contributed by atoms with Crippen molar-refractivity contribution >= 4 is 22.6 Å². The molecule has 3 rings (SSSR count). The molecule has 5 heteroatoms. The van der Waals surface area contributed by atoms with E-state index in [1.165, 1.54) is 0 Å². The summed E-state index contributed by atoms with van der Waals surface area (Å²) in [5, 5.41) is 0.635. The Morgan fingerprint density at radius 2 is 2.29 bits per heavy atom. The second-order valence-electron chi connectivity index (χ2n) is 4.64. The summed E-state index contributed by atoms with van der Waals surface area (Å²) in [5.41, 5.74) is 1.59. The van der Waals surface area contributed by atoms with Crippen LogP contribution < -0.4 is 5.69 Å². The molecule has 1 aliphatic heterocycles. The predicted molar refractivity (Wildman–Crippen MR) is 68.7 cm³/mol. The van der Waals surface area contributed by atoms with Gasteiger partial charge < -0.3 is 9.88 Å². The molecule has 0 aliphatic carbocycles. The first-order valence-corrected chi connectivity index (χ1v) is 6.12. The van der Waals surface area contributed by atoms with Crippen LogP contribution in [0.5, 0.6) is 0 Å². The summed E-state index contributed by atoms with van der Waals surface area (Å²) in [6.07, 6.45) is 0.995. The molecule has 17 heavy (non-hydrogen) atoms. The van der Waals surface area contributed by atoms with Gasteiger partial charge in [-0.1, -0.05) is 17.7 Å². The average Bonchev–Trinajstić information content (AvgIpc) is 2.82. The fraction of sp³-hybridized carbons (Fsp3) is 0.417. The monoisotopic (exact) mass is 251 g/mol. The normalized spacial score (nSPS) is 21.4. The molecule has 90 valence electrons. The van der Waals surface area contributed by atoms with Crippen molar-refractivity contribution in [2.24, 2.45) is 0 Å². The molecule has 2 aromatic rings. The van der Waals surface area contributed by atoms with Gasteiger partial charge >= 0.3 is 5.69 Å². The largest absolute Gasteiger partial charge is 0.326 e. The van der Waals surface area contributed by atoms with E-state index in [-0.39, 0.29) is 11.7 Å². The molecule has 1 aromatic heterocycles. The lowest BCUT2D eigenvalue weighted by molar-refractivity contribution is 0.392. The van der Waals surface area contributed by atoms with Crippen molar-refractivity contribution in [1.82, 2.24) is 14.5 Å². The van der Waals surface area contributed by atoms with Gasteiger partial charge in [-0.15, -0.1) is 0 Å². The van der Waals surface area contributed by atoms with Gasteiger partial charge in [-0.05, 0) is 32.1 Å². The SMILES string of the molecule is CN1CCC(n2c(=O)[nH]c3cccc(Cl)c32)C1. The Labute approximate surface area is 104 Å². The van der Waals surface area contributed by atoms with Crippen molar-refractivity contribution in [3.63, 3.8) is 0 Å². The highest BCUT2D eigenvalue weighted by Gasteiger charge is 2.25. The number of nitrogens with one attached hydrogen (secondary N) is 1. The third-order valence-electron chi connectivity index (χ3n) is 3.42. The summed E-state index contributed by atoms with van der Waals surface area (Å²) in [4.78, 5) is 17.1. The maximum absolute atomic E-state index is 12.0. The van der Waals surface area contributed by atoms with E-state index >= 15 is 0 Å². The molecule has 0 bridgehead atoms. The topological polar surface area (TPSA) is 41.0 Å². The second-order valence-corrected chi connectivity index (χ2v) is 5.05. The number of rotatable bonds is 1. The van der Waals surface area contributed by atoms with E-state index in [9.17, 15) is 4.79 Å². The van der Waals surface area contributed by atoms with Crippen molar-refractivity contribution in [2.45, 2.75) is 12.5 Å². The number of aromatic amines is 1. The van der Waals surface area contributed by atoms with Gasteiger partial charge in [0.1, 0.15) is 0 Å². The van der Waals surface area contributed by atoms with Gasteiger partial charge in [-0.2, -0.15) is 0 Å². The van der Waals surface area contributed by atoms with Crippen molar-refractivity contribution in [3.05, 3.63) is 33.7 Å². The Morgan fingerprint density at radius 3 is 3.00 bits per heavy atom. The van der Waals surface area contributed by atoms with Gasteiger partial charge in [0, 0.05) is 6.54 Å². The van der Waals surface area contributed by atoms with E-state index in [1.807, 2.05) is 18.2 Å². The van der Waals surface area contributed by atoms with Crippen molar-refractivity contribution < 1.29 is 0 Å². The second kappa shape index (κ2) is 3.89. The summed E-state index contributed by atoms with van der Waals surface area (Å²) < 4.78 is 1.81. The first-order chi connectivity index (χ1) is 8.16. The molecular formula is C12H14ClN3O. The van der Waals surface area contributed by atoms with Crippen LogP contribution in [0.25, 0.3) is 11.0 Å². The number of hydrogen-bond donors (Lipinski definition) is 1. The molecular weight excluding hydrogens is 238 g/mol. The number of imidazole rings is 1. The lowest BCUT2D eigenvalue weighted by Crippen LogP contribution is -2.24. The Kier molecular flexibility index (Phi) is 2.49. The number of halogens is 1. The summed E-state index contributed by atoms with van der Waals surface area (Å²) in [6, 6.07) is 5.79.